The van der Waals surface area contributed by atoms with E-state index < -0.39 is 0 Å². The SMILES string of the molecule is CC(C)(CCCO)CNc1cc(C#N)ccc1N. The predicted molar refractivity (Wildman–Crippen MR) is 74.2 cm³/mol. The first kappa shape index (κ1) is 14.3. The molecule has 4 heteroatoms. The molecule has 0 aromatic heterocycles. The van der Waals surface area contributed by atoms with Crippen molar-refractivity contribution in [3.63, 3.8) is 0 Å². The Morgan fingerprint density at radius 2 is 2.17 bits per heavy atom. The Kier molecular flexibility index (Phi) is 4.99. The van der Waals surface area contributed by atoms with E-state index in [-0.39, 0.29) is 12.0 Å². The van der Waals surface area contributed by atoms with Crippen LogP contribution in [0.4, 0.5) is 11.4 Å². The van der Waals surface area contributed by atoms with E-state index in [2.05, 4.69) is 25.2 Å². The molecule has 0 amide bonds. The number of nitriles is 1. The van der Waals surface area contributed by atoms with E-state index >= 15 is 0 Å². The summed E-state index contributed by atoms with van der Waals surface area (Å²) in [5, 5.41) is 21.0. The Hall–Kier alpha value is -1.73. The lowest BCUT2D eigenvalue weighted by molar-refractivity contribution is 0.248. The number of hydrogen-bond acceptors (Lipinski definition) is 4. The molecular formula is C14H21N3O. The zero-order valence-electron chi connectivity index (χ0n) is 11.0. The Balaban J connectivity index is 2.65. The predicted octanol–water partition coefficient (Wildman–Crippen LogP) is 2.35. The van der Waals surface area contributed by atoms with E-state index in [0.717, 1.165) is 25.1 Å². The summed E-state index contributed by atoms with van der Waals surface area (Å²) in [6, 6.07) is 7.30. The van der Waals surface area contributed by atoms with Crippen molar-refractivity contribution < 1.29 is 5.11 Å². The summed E-state index contributed by atoms with van der Waals surface area (Å²) in [6.07, 6.45) is 1.73. The smallest absolute Gasteiger partial charge is 0.0992 e. The molecule has 0 aliphatic heterocycles. The minimum atomic E-state index is 0.0812. The number of nitrogen functional groups attached to an aromatic ring is 1. The van der Waals surface area contributed by atoms with Crippen molar-refractivity contribution in [2.45, 2.75) is 26.7 Å². The standard InChI is InChI=1S/C14H21N3O/c1-14(2,6-3-7-18)10-17-13-8-11(9-15)4-5-12(13)16/h4-5,8,17-18H,3,6-7,10,16H2,1-2H3. The fourth-order valence-electron chi connectivity index (χ4n) is 1.76. The maximum absolute atomic E-state index is 8.85. The second kappa shape index (κ2) is 6.27. The van der Waals surface area contributed by atoms with Crippen molar-refractivity contribution in [3.8, 4) is 6.07 Å². The fourth-order valence-corrected chi connectivity index (χ4v) is 1.76. The molecule has 0 heterocycles. The normalized spacial score (nSPS) is 11.0. The van der Waals surface area contributed by atoms with Crippen molar-refractivity contribution in [1.82, 2.24) is 0 Å². The third-order valence-electron chi connectivity index (χ3n) is 2.95. The number of hydrogen-bond donors (Lipinski definition) is 3. The third kappa shape index (κ3) is 4.27. The molecule has 4 nitrogen and oxygen atoms in total. The van der Waals surface area contributed by atoms with Gasteiger partial charge in [0.1, 0.15) is 0 Å². The van der Waals surface area contributed by atoms with Crippen molar-refractivity contribution in [1.29, 1.82) is 5.26 Å². The van der Waals surface area contributed by atoms with Gasteiger partial charge in [0.15, 0.2) is 0 Å². The van der Waals surface area contributed by atoms with Gasteiger partial charge in [0.2, 0.25) is 0 Å². The molecule has 98 valence electrons. The van der Waals surface area contributed by atoms with E-state index in [0.29, 0.717) is 11.3 Å². The van der Waals surface area contributed by atoms with Gasteiger partial charge in [-0.15, -0.1) is 0 Å². The summed E-state index contributed by atoms with van der Waals surface area (Å²) >= 11 is 0. The number of aliphatic hydroxyl groups is 1. The van der Waals surface area contributed by atoms with Crippen molar-refractivity contribution >= 4 is 11.4 Å². The molecule has 18 heavy (non-hydrogen) atoms. The van der Waals surface area contributed by atoms with Gasteiger partial charge in [-0.2, -0.15) is 5.26 Å². The first-order valence-corrected chi connectivity index (χ1v) is 6.13. The van der Waals surface area contributed by atoms with Gasteiger partial charge < -0.3 is 16.2 Å². The third-order valence-corrected chi connectivity index (χ3v) is 2.95. The maximum Gasteiger partial charge on any atom is 0.0992 e. The van der Waals surface area contributed by atoms with Crippen LogP contribution in [0.3, 0.4) is 0 Å². The molecule has 0 saturated carbocycles. The molecule has 4 N–H and O–H groups in total. The molecule has 0 spiro atoms. The van der Waals surface area contributed by atoms with Gasteiger partial charge in [-0.3, -0.25) is 0 Å². The number of rotatable bonds is 6. The Morgan fingerprint density at radius 3 is 2.78 bits per heavy atom. The molecule has 0 unspecified atom stereocenters. The average molecular weight is 247 g/mol. The van der Waals surface area contributed by atoms with Crippen LogP contribution < -0.4 is 11.1 Å². The highest BCUT2D eigenvalue weighted by Gasteiger charge is 2.17. The van der Waals surface area contributed by atoms with Gasteiger partial charge in [0.25, 0.3) is 0 Å². The van der Waals surface area contributed by atoms with Crippen molar-refractivity contribution in [3.05, 3.63) is 23.8 Å². The summed E-state index contributed by atoms with van der Waals surface area (Å²) in [5.41, 5.74) is 7.98. The molecule has 0 atom stereocenters. The van der Waals surface area contributed by atoms with Crippen LogP contribution in [-0.4, -0.2) is 18.3 Å². The number of nitrogens with two attached hydrogens (primary N) is 1. The van der Waals surface area contributed by atoms with E-state index in [1.807, 2.05) is 0 Å². The molecular weight excluding hydrogens is 226 g/mol. The van der Waals surface area contributed by atoms with Crippen LogP contribution in [0.2, 0.25) is 0 Å². The van der Waals surface area contributed by atoms with E-state index in [9.17, 15) is 0 Å². The van der Waals surface area contributed by atoms with Gasteiger partial charge in [0, 0.05) is 13.2 Å². The molecule has 1 aromatic carbocycles. The molecule has 0 aliphatic rings. The zero-order valence-corrected chi connectivity index (χ0v) is 11.0. The second-order valence-electron chi connectivity index (χ2n) is 5.26. The zero-order chi connectivity index (χ0) is 13.6. The Labute approximate surface area is 108 Å². The molecule has 0 radical (unpaired) electrons. The van der Waals surface area contributed by atoms with Crippen LogP contribution >= 0.6 is 0 Å². The lowest BCUT2D eigenvalue weighted by Gasteiger charge is -2.25. The molecule has 0 fully saturated rings. The van der Waals surface area contributed by atoms with E-state index in [1.165, 1.54) is 0 Å². The second-order valence-corrected chi connectivity index (χ2v) is 5.26. The topological polar surface area (TPSA) is 82.1 Å². The van der Waals surface area contributed by atoms with Gasteiger partial charge in [0.05, 0.1) is 23.0 Å². The van der Waals surface area contributed by atoms with Crippen molar-refractivity contribution in [2.75, 3.05) is 24.2 Å². The van der Waals surface area contributed by atoms with Crippen LogP contribution in [0.1, 0.15) is 32.3 Å². The van der Waals surface area contributed by atoms with Crippen LogP contribution in [0.25, 0.3) is 0 Å². The van der Waals surface area contributed by atoms with Crippen LogP contribution in [-0.2, 0) is 0 Å². The van der Waals surface area contributed by atoms with Crippen LogP contribution in [0.5, 0.6) is 0 Å². The van der Waals surface area contributed by atoms with Gasteiger partial charge in [-0.05, 0) is 36.5 Å². The summed E-state index contributed by atoms with van der Waals surface area (Å²) in [6.45, 7) is 5.25. The molecule has 0 saturated heterocycles. The summed E-state index contributed by atoms with van der Waals surface area (Å²) in [4.78, 5) is 0. The Bertz CT molecular complexity index is 435. The lowest BCUT2D eigenvalue weighted by atomic mass is 9.88. The first-order valence-electron chi connectivity index (χ1n) is 6.13. The van der Waals surface area contributed by atoms with Crippen LogP contribution in [0.15, 0.2) is 18.2 Å². The van der Waals surface area contributed by atoms with Gasteiger partial charge in [-0.1, -0.05) is 13.8 Å². The average Bonchev–Trinajstić information content (AvgIpc) is 2.35. The summed E-state index contributed by atoms with van der Waals surface area (Å²) in [7, 11) is 0. The largest absolute Gasteiger partial charge is 0.397 e. The number of nitrogens with zero attached hydrogens (tertiary/aromatic N) is 1. The first-order chi connectivity index (χ1) is 8.48. The highest BCUT2D eigenvalue weighted by Crippen LogP contribution is 2.25. The van der Waals surface area contributed by atoms with E-state index in [4.69, 9.17) is 16.1 Å². The Morgan fingerprint density at radius 1 is 1.44 bits per heavy atom. The molecule has 1 rings (SSSR count). The van der Waals surface area contributed by atoms with Crippen molar-refractivity contribution in [2.24, 2.45) is 5.41 Å². The maximum atomic E-state index is 8.85. The number of nitrogens with one attached hydrogen (secondary N) is 1. The number of aliphatic hydroxyl groups excluding tert-OH is 1. The van der Waals surface area contributed by atoms with E-state index in [1.54, 1.807) is 18.2 Å². The quantitative estimate of drug-likeness (QED) is 0.674. The highest BCUT2D eigenvalue weighted by atomic mass is 16.2. The molecule has 0 bridgehead atoms. The summed E-state index contributed by atoms with van der Waals surface area (Å²) in [5.74, 6) is 0. The summed E-state index contributed by atoms with van der Waals surface area (Å²) < 4.78 is 0. The highest BCUT2D eigenvalue weighted by molar-refractivity contribution is 5.68. The molecule has 1 aromatic rings. The number of benzene rings is 1. The van der Waals surface area contributed by atoms with Gasteiger partial charge in [-0.25, -0.2) is 0 Å². The lowest BCUT2D eigenvalue weighted by Crippen LogP contribution is -2.23. The minimum absolute atomic E-state index is 0.0812. The van der Waals surface area contributed by atoms with Gasteiger partial charge >= 0.3 is 0 Å². The minimum Gasteiger partial charge on any atom is -0.397 e. The van der Waals surface area contributed by atoms with Crippen LogP contribution in [0, 0.1) is 16.7 Å². The molecule has 0 aliphatic carbocycles. The fraction of sp³-hybridized carbons (Fsp3) is 0.500. The number of anilines is 2. The monoisotopic (exact) mass is 247 g/mol.